The van der Waals surface area contributed by atoms with Gasteiger partial charge in [-0.2, -0.15) is 11.8 Å². The summed E-state index contributed by atoms with van der Waals surface area (Å²) in [6, 6.07) is 0. The van der Waals surface area contributed by atoms with Gasteiger partial charge in [0, 0.05) is 30.3 Å². The van der Waals surface area contributed by atoms with Crippen LogP contribution in [0, 0.1) is 0 Å². The minimum atomic E-state index is -0.294. The summed E-state index contributed by atoms with van der Waals surface area (Å²) in [5.41, 5.74) is -0.0548. The van der Waals surface area contributed by atoms with Gasteiger partial charge in [-0.05, 0) is 18.6 Å². The fourth-order valence-corrected chi connectivity index (χ4v) is 4.40. The Bertz CT molecular complexity index is 552. The van der Waals surface area contributed by atoms with Crippen LogP contribution in [0.2, 0.25) is 0 Å². The molecule has 102 valence electrons. The van der Waals surface area contributed by atoms with Crippen LogP contribution in [0.25, 0.3) is 0 Å². The SMILES string of the molecule is O=C(NCC1CCCS1)c1cnc2n(c1=O)CCS2. The van der Waals surface area contributed by atoms with Gasteiger partial charge in [-0.15, -0.1) is 0 Å². The van der Waals surface area contributed by atoms with E-state index in [0.29, 0.717) is 23.5 Å². The van der Waals surface area contributed by atoms with Crippen LogP contribution in [0.1, 0.15) is 23.2 Å². The van der Waals surface area contributed by atoms with E-state index in [1.807, 2.05) is 11.8 Å². The molecule has 2 aliphatic rings. The average molecular weight is 297 g/mol. The van der Waals surface area contributed by atoms with Crippen LogP contribution in [0.4, 0.5) is 0 Å². The molecule has 0 spiro atoms. The third kappa shape index (κ3) is 2.67. The largest absolute Gasteiger partial charge is 0.351 e. The van der Waals surface area contributed by atoms with E-state index in [9.17, 15) is 9.59 Å². The first-order valence-electron chi connectivity index (χ1n) is 6.38. The van der Waals surface area contributed by atoms with Gasteiger partial charge in [0.2, 0.25) is 0 Å². The van der Waals surface area contributed by atoms with Crippen LogP contribution in [0.3, 0.4) is 0 Å². The van der Waals surface area contributed by atoms with Gasteiger partial charge in [-0.1, -0.05) is 11.8 Å². The van der Waals surface area contributed by atoms with Crippen LogP contribution in [0.5, 0.6) is 0 Å². The number of carbonyl (C=O) groups is 1. The van der Waals surface area contributed by atoms with Crippen molar-refractivity contribution in [3.05, 3.63) is 22.1 Å². The highest BCUT2D eigenvalue weighted by Gasteiger charge is 2.21. The molecular formula is C12H15N3O2S2. The summed E-state index contributed by atoms with van der Waals surface area (Å²) < 4.78 is 1.59. The van der Waals surface area contributed by atoms with E-state index < -0.39 is 0 Å². The van der Waals surface area contributed by atoms with Gasteiger partial charge >= 0.3 is 0 Å². The standard InChI is InChI=1S/C12H15N3O2S2/c16-10(13-6-8-2-1-4-18-8)9-7-14-12-15(11(9)17)3-5-19-12/h7-8H,1-6H2,(H,13,16). The van der Waals surface area contributed by atoms with Crippen LogP contribution in [0.15, 0.2) is 16.1 Å². The van der Waals surface area contributed by atoms with E-state index in [0.717, 1.165) is 12.2 Å². The molecule has 3 heterocycles. The lowest BCUT2D eigenvalue weighted by Crippen LogP contribution is -2.36. The van der Waals surface area contributed by atoms with Crippen LogP contribution >= 0.6 is 23.5 Å². The molecule has 1 amide bonds. The number of hydrogen-bond acceptors (Lipinski definition) is 5. The van der Waals surface area contributed by atoms with Gasteiger partial charge in [0.1, 0.15) is 5.56 Å². The van der Waals surface area contributed by atoms with Gasteiger partial charge in [-0.3, -0.25) is 14.2 Å². The second kappa shape index (κ2) is 5.58. The van der Waals surface area contributed by atoms with Crippen LogP contribution < -0.4 is 10.9 Å². The topological polar surface area (TPSA) is 64.0 Å². The Labute approximate surface area is 119 Å². The summed E-state index contributed by atoms with van der Waals surface area (Å²) in [4.78, 5) is 28.4. The lowest BCUT2D eigenvalue weighted by molar-refractivity contribution is 0.0951. The molecule has 3 rings (SSSR count). The summed E-state index contributed by atoms with van der Waals surface area (Å²) >= 11 is 3.44. The van der Waals surface area contributed by atoms with Gasteiger partial charge in [-0.25, -0.2) is 4.98 Å². The summed E-state index contributed by atoms with van der Waals surface area (Å²) in [6.07, 6.45) is 3.76. The highest BCUT2D eigenvalue weighted by atomic mass is 32.2. The molecule has 1 aromatic heterocycles. The number of hydrogen-bond donors (Lipinski definition) is 1. The van der Waals surface area contributed by atoms with Crippen molar-refractivity contribution in [1.82, 2.24) is 14.9 Å². The Balaban J connectivity index is 1.71. The highest BCUT2D eigenvalue weighted by Crippen LogP contribution is 2.25. The van der Waals surface area contributed by atoms with E-state index in [1.54, 1.807) is 16.3 Å². The summed E-state index contributed by atoms with van der Waals surface area (Å²) in [6.45, 7) is 1.28. The Morgan fingerprint density at radius 2 is 2.42 bits per heavy atom. The van der Waals surface area contributed by atoms with Crippen molar-refractivity contribution in [3.63, 3.8) is 0 Å². The third-order valence-electron chi connectivity index (χ3n) is 3.32. The minimum absolute atomic E-state index is 0.161. The van der Waals surface area contributed by atoms with E-state index in [2.05, 4.69) is 10.3 Å². The van der Waals surface area contributed by atoms with Crippen molar-refractivity contribution < 1.29 is 4.79 Å². The normalized spacial score (nSPS) is 21.4. The zero-order valence-corrected chi connectivity index (χ0v) is 12.1. The van der Waals surface area contributed by atoms with Gasteiger partial charge in [0.15, 0.2) is 5.16 Å². The van der Waals surface area contributed by atoms with Crippen molar-refractivity contribution in [2.24, 2.45) is 0 Å². The fraction of sp³-hybridized carbons (Fsp3) is 0.583. The molecule has 0 saturated carbocycles. The number of thioether (sulfide) groups is 2. The van der Waals surface area contributed by atoms with Crippen molar-refractivity contribution in [3.8, 4) is 0 Å². The van der Waals surface area contributed by atoms with Gasteiger partial charge < -0.3 is 5.32 Å². The number of nitrogens with one attached hydrogen (secondary N) is 1. The number of nitrogens with zero attached hydrogens (tertiary/aromatic N) is 2. The first-order valence-corrected chi connectivity index (χ1v) is 8.41. The first kappa shape index (κ1) is 13.1. The molecule has 0 aromatic carbocycles. The first-order chi connectivity index (χ1) is 9.25. The van der Waals surface area contributed by atoms with Gasteiger partial charge in [0.25, 0.3) is 11.5 Å². The Morgan fingerprint density at radius 3 is 3.21 bits per heavy atom. The molecule has 19 heavy (non-hydrogen) atoms. The molecule has 1 N–H and O–H groups in total. The predicted molar refractivity (Wildman–Crippen MR) is 77.0 cm³/mol. The zero-order valence-electron chi connectivity index (χ0n) is 10.4. The second-order valence-electron chi connectivity index (χ2n) is 4.60. The monoisotopic (exact) mass is 297 g/mol. The second-order valence-corrected chi connectivity index (χ2v) is 7.08. The molecule has 1 atom stereocenters. The van der Waals surface area contributed by atoms with Crippen molar-refractivity contribution in [2.45, 2.75) is 29.8 Å². The molecule has 7 heteroatoms. The minimum Gasteiger partial charge on any atom is -0.351 e. The average Bonchev–Trinajstić information content (AvgIpc) is 3.07. The quantitative estimate of drug-likeness (QED) is 0.843. The van der Waals surface area contributed by atoms with Crippen molar-refractivity contribution in [2.75, 3.05) is 18.1 Å². The number of fused-ring (bicyclic) bond motifs is 1. The number of amides is 1. The smallest absolute Gasteiger partial charge is 0.267 e. The molecule has 2 aliphatic heterocycles. The summed E-state index contributed by atoms with van der Waals surface area (Å²) in [5, 5.41) is 4.06. The molecule has 0 aliphatic carbocycles. The summed E-state index contributed by atoms with van der Waals surface area (Å²) in [5.74, 6) is 1.73. The molecular weight excluding hydrogens is 282 g/mol. The Kier molecular flexibility index (Phi) is 3.83. The predicted octanol–water partition coefficient (Wildman–Crippen LogP) is 0.974. The Hall–Kier alpha value is -0.950. The highest BCUT2D eigenvalue weighted by molar-refractivity contribution is 8.00. The number of aromatic nitrogens is 2. The molecule has 1 aromatic rings. The zero-order chi connectivity index (χ0) is 13.2. The maximum atomic E-state index is 12.1. The molecule has 1 unspecified atom stereocenters. The van der Waals surface area contributed by atoms with E-state index in [1.165, 1.54) is 18.4 Å². The van der Waals surface area contributed by atoms with Crippen molar-refractivity contribution in [1.29, 1.82) is 0 Å². The van der Waals surface area contributed by atoms with Crippen LogP contribution in [-0.2, 0) is 6.54 Å². The molecule has 1 fully saturated rings. The van der Waals surface area contributed by atoms with Crippen molar-refractivity contribution >= 4 is 29.4 Å². The molecule has 1 saturated heterocycles. The fourth-order valence-electron chi connectivity index (χ4n) is 2.28. The number of rotatable bonds is 3. The van der Waals surface area contributed by atoms with E-state index in [-0.39, 0.29) is 17.0 Å². The summed E-state index contributed by atoms with van der Waals surface area (Å²) in [7, 11) is 0. The lowest BCUT2D eigenvalue weighted by Gasteiger charge is -2.10. The maximum Gasteiger partial charge on any atom is 0.267 e. The molecule has 0 bridgehead atoms. The van der Waals surface area contributed by atoms with E-state index in [4.69, 9.17) is 0 Å². The van der Waals surface area contributed by atoms with Gasteiger partial charge in [0.05, 0.1) is 0 Å². The molecule has 0 radical (unpaired) electrons. The van der Waals surface area contributed by atoms with E-state index >= 15 is 0 Å². The van der Waals surface area contributed by atoms with Crippen LogP contribution in [-0.4, -0.2) is 38.8 Å². The molecule has 5 nitrogen and oxygen atoms in total. The third-order valence-corrected chi connectivity index (χ3v) is 5.68. The Morgan fingerprint density at radius 1 is 1.53 bits per heavy atom. The maximum absolute atomic E-state index is 12.1. The number of carbonyl (C=O) groups excluding carboxylic acids is 1. The lowest BCUT2D eigenvalue weighted by atomic mass is 10.2.